The highest BCUT2D eigenvalue weighted by atomic mass is 35.5. The Labute approximate surface area is 79.7 Å². The van der Waals surface area contributed by atoms with Gasteiger partial charge in [-0.25, -0.2) is 4.79 Å². The van der Waals surface area contributed by atoms with Crippen molar-refractivity contribution < 1.29 is 14.3 Å². The van der Waals surface area contributed by atoms with Crippen LogP contribution in [-0.2, 0) is 14.3 Å². The van der Waals surface area contributed by atoms with Crippen LogP contribution in [0.3, 0.4) is 0 Å². The van der Waals surface area contributed by atoms with Gasteiger partial charge in [0, 0.05) is 5.92 Å². The number of ether oxygens (including phenoxy) is 1. The van der Waals surface area contributed by atoms with Crippen molar-refractivity contribution in [3.05, 3.63) is 12.2 Å². The highest BCUT2D eigenvalue weighted by Gasteiger charge is 2.68. The number of hydrogen-bond acceptors (Lipinski definition) is 3. The van der Waals surface area contributed by atoms with Crippen molar-refractivity contribution in [3.63, 3.8) is 0 Å². The van der Waals surface area contributed by atoms with Crippen molar-refractivity contribution in [1.29, 1.82) is 0 Å². The molecule has 3 rings (SSSR count). The van der Waals surface area contributed by atoms with Crippen LogP contribution in [0.1, 0.15) is 6.42 Å². The Morgan fingerprint density at radius 2 is 2.23 bits per heavy atom. The average molecular weight is 199 g/mol. The fraction of sp³-hybridized carbons (Fsp3) is 0.556. The van der Waals surface area contributed by atoms with Gasteiger partial charge in [0.2, 0.25) is 0 Å². The van der Waals surface area contributed by atoms with Gasteiger partial charge in [0.15, 0.2) is 4.87 Å². The summed E-state index contributed by atoms with van der Waals surface area (Å²) in [5, 5.41) is 0. The van der Waals surface area contributed by atoms with Crippen LogP contribution in [0.4, 0.5) is 0 Å². The number of carbonyl (C=O) groups is 2. The molecule has 0 aromatic carbocycles. The maximum Gasteiger partial charge on any atom is 0.336 e. The van der Waals surface area contributed by atoms with Gasteiger partial charge in [-0.2, -0.15) is 0 Å². The molecule has 3 aliphatic rings. The number of cyclic esters (lactones) is 2. The van der Waals surface area contributed by atoms with E-state index in [0.29, 0.717) is 0 Å². The van der Waals surface area contributed by atoms with Crippen molar-refractivity contribution in [2.24, 2.45) is 17.8 Å². The number of rotatable bonds is 0. The molecule has 2 bridgehead atoms. The van der Waals surface area contributed by atoms with Crippen molar-refractivity contribution >= 4 is 23.5 Å². The molecule has 0 amide bonds. The zero-order valence-electron chi connectivity index (χ0n) is 6.70. The summed E-state index contributed by atoms with van der Waals surface area (Å²) in [6.45, 7) is 0. The van der Waals surface area contributed by atoms with Crippen molar-refractivity contribution in [1.82, 2.24) is 0 Å². The van der Waals surface area contributed by atoms with Gasteiger partial charge in [0.1, 0.15) is 0 Å². The van der Waals surface area contributed by atoms with E-state index in [0.717, 1.165) is 6.42 Å². The number of allylic oxidation sites excluding steroid dienone is 2. The van der Waals surface area contributed by atoms with E-state index in [2.05, 4.69) is 4.74 Å². The van der Waals surface area contributed by atoms with E-state index < -0.39 is 22.7 Å². The summed E-state index contributed by atoms with van der Waals surface area (Å²) in [5.74, 6) is -1.33. The van der Waals surface area contributed by atoms with Gasteiger partial charge in [0.25, 0.3) is 0 Å². The molecule has 0 aromatic rings. The van der Waals surface area contributed by atoms with Gasteiger partial charge in [-0.15, -0.1) is 11.6 Å². The Hall–Kier alpha value is -0.830. The number of hydrogen-bond donors (Lipinski definition) is 0. The average Bonchev–Trinajstić information content (AvgIpc) is 2.66. The lowest BCUT2D eigenvalue weighted by Gasteiger charge is -2.22. The minimum atomic E-state index is -1.07. The van der Waals surface area contributed by atoms with Crippen LogP contribution >= 0.6 is 11.6 Å². The number of carbonyl (C=O) groups excluding carboxylic acids is 2. The van der Waals surface area contributed by atoms with Crippen LogP contribution in [-0.4, -0.2) is 16.8 Å². The largest absolute Gasteiger partial charge is 0.392 e. The Morgan fingerprint density at radius 3 is 2.92 bits per heavy atom. The van der Waals surface area contributed by atoms with Crippen LogP contribution in [0.2, 0.25) is 0 Å². The van der Waals surface area contributed by atoms with E-state index >= 15 is 0 Å². The van der Waals surface area contributed by atoms with Gasteiger partial charge < -0.3 is 4.74 Å². The van der Waals surface area contributed by atoms with Gasteiger partial charge in [-0.3, -0.25) is 4.79 Å². The van der Waals surface area contributed by atoms with Crippen LogP contribution in [0.15, 0.2) is 12.2 Å². The third kappa shape index (κ3) is 0.645. The highest BCUT2D eigenvalue weighted by Crippen LogP contribution is 2.57. The smallest absolute Gasteiger partial charge is 0.336 e. The maximum absolute atomic E-state index is 11.4. The molecule has 0 unspecified atom stereocenters. The fourth-order valence-corrected chi connectivity index (χ4v) is 3.14. The summed E-state index contributed by atoms with van der Waals surface area (Å²) in [4.78, 5) is 21.6. The normalized spacial score (nSPS) is 51.3. The van der Waals surface area contributed by atoms with E-state index in [1.165, 1.54) is 0 Å². The molecular weight excluding hydrogens is 192 g/mol. The SMILES string of the molecule is O=C1OC(=O)[C@]2(Cl)[C@@H]3C=C[C@H](C3)[C@@H]12. The van der Waals surface area contributed by atoms with Crippen LogP contribution in [0.25, 0.3) is 0 Å². The first-order valence-electron chi connectivity index (χ1n) is 4.27. The number of esters is 2. The molecule has 0 aromatic heterocycles. The third-order valence-corrected chi connectivity index (χ3v) is 3.97. The Balaban J connectivity index is 2.17. The zero-order chi connectivity index (χ0) is 9.22. The third-order valence-electron chi connectivity index (χ3n) is 3.30. The molecule has 1 saturated heterocycles. The van der Waals surface area contributed by atoms with E-state index in [1.54, 1.807) is 0 Å². The Morgan fingerprint density at radius 1 is 1.46 bits per heavy atom. The maximum atomic E-state index is 11.4. The molecule has 0 N–H and O–H groups in total. The first kappa shape index (κ1) is 7.56. The molecule has 2 aliphatic carbocycles. The number of alkyl halides is 1. The molecule has 3 nitrogen and oxygen atoms in total. The van der Waals surface area contributed by atoms with Gasteiger partial charge >= 0.3 is 11.9 Å². The highest BCUT2D eigenvalue weighted by molar-refractivity contribution is 6.38. The van der Waals surface area contributed by atoms with Crippen molar-refractivity contribution in [2.75, 3.05) is 0 Å². The van der Waals surface area contributed by atoms with Gasteiger partial charge in [0.05, 0.1) is 5.92 Å². The molecule has 13 heavy (non-hydrogen) atoms. The molecule has 1 heterocycles. The first-order valence-corrected chi connectivity index (χ1v) is 4.65. The summed E-state index contributed by atoms with van der Waals surface area (Å²) < 4.78 is 4.56. The molecule has 2 fully saturated rings. The number of halogens is 1. The zero-order valence-corrected chi connectivity index (χ0v) is 7.45. The van der Waals surface area contributed by atoms with Crippen LogP contribution in [0.5, 0.6) is 0 Å². The second kappa shape index (κ2) is 1.98. The minimum absolute atomic E-state index is 0.0110. The standard InChI is InChI=1S/C9H7ClO3/c10-9-5-2-1-4(3-5)6(9)7(11)13-8(9)12/h1-2,4-6H,3H2/t4-,5-,6+,9+/m1/s1. The lowest BCUT2D eigenvalue weighted by atomic mass is 9.84. The van der Waals surface area contributed by atoms with E-state index in [-0.39, 0.29) is 11.8 Å². The van der Waals surface area contributed by atoms with Crippen LogP contribution in [0, 0.1) is 17.8 Å². The summed E-state index contributed by atoms with van der Waals surface area (Å²) in [6.07, 6.45) is 4.71. The molecule has 1 aliphatic heterocycles. The first-order chi connectivity index (χ1) is 6.14. The lowest BCUT2D eigenvalue weighted by Crippen LogP contribution is -2.39. The monoisotopic (exact) mass is 198 g/mol. The summed E-state index contributed by atoms with van der Waals surface area (Å²) in [5.41, 5.74) is 0. The molecule has 0 radical (unpaired) electrons. The molecular formula is C9H7ClO3. The van der Waals surface area contributed by atoms with Crippen LogP contribution < -0.4 is 0 Å². The second-order valence-corrected chi connectivity index (χ2v) is 4.47. The number of fused-ring (bicyclic) bond motifs is 5. The fourth-order valence-electron chi connectivity index (χ4n) is 2.69. The molecule has 68 valence electrons. The van der Waals surface area contributed by atoms with E-state index in [1.807, 2.05) is 12.2 Å². The topological polar surface area (TPSA) is 43.4 Å². The van der Waals surface area contributed by atoms with E-state index in [4.69, 9.17) is 11.6 Å². The molecule has 4 heteroatoms. The van der Waals surface area contributed by atoms with Gasteiger partial charge in [-0.05, 0) is 12.3 Å². The molecule has 4 atom stereocenters. The summed E-state index contributed by atoms with van der Waals surface area (Å²) >= 11 is 6.16. The quantitative estimate of drug-likeness (QED) is 0.251. The summed E-state index contributed by atoms with van der Waals surface area (Å²) in [7, 11) is 0. The Kier molecular flexibility index (Phi) is 1.15. The van der Waals surface area contributed by atoms with Crippen molar-refractivity contribution in [2.45, 2.75) is 11.3 Å². The van der Waals surface area contributed by atoms with Gasteiger partial charge in [-0.1, -0.05) is 12.2 Å². The predicted octanol–water partition coefficient (Wildman–Crippen LogP) is 0.869. The van der Waals surface area contributed by atoms with Crippen molar-refractivity contribution in [3.8, 4) is 0 Å². The molecule has 0 spiro atoms. The second-order valence-electron chi connectivity index (χ2n) is 3.85. The Bertz CT molecular complexity index is 349. The summed E-state index contributed by atoms with van der Waals surface area (Å²) in [6, 6.07) is 0. The predicted molar refractivity (Wildman–Crippen MR) is 43.9 cm³/mol. The van der Waals surface area contributed by atoms with E-state index in [9.17, 15) is 9.59 Å². The lowest BCUT2D eigenvalue weighted by molar-refractivity contribution is -0.154. The minimum Gasteiger partial charge on any atom is -0.392 e. The molecule has 1 saturated carbocycles.